The van der Waals surface area contributed by atoms with Gasteiger partial charge in [0.25, 0.3) is 0 Å². The third-order valence-electron chi connectivity index (χ3n) is 5.93. The first kappa shape index (κ1) is 22.2. The minimum absolute atomic E-state index is 0.164. The van der Waals surface area contributed by atoms with Crippen LogP contribution in [0, 0.1) is 0 Å². The van der Waals surface area contributed by atoms with Crippen molar-refractivity contribution in [2.45, 2.75) is 49.5 Å². The molecule has 1 aromatic rings. The van der Waals surface area contributed by atoms with Gasteiger partial charge in [-0.25, -0.2) is 0 Å². The molecular weight excluding hydrogens is 384 g/mol. The standard InChI is InChI=1S/C22H36N4O2S/c1-2-23-21(24-13-18-29(27)20-9-5-3-6-10-20)25-19-22(11-7-4-8-12-22)26-14-16-28-17-15-26/h3,5-6,9-10H,2,4,7-8,11-19H2,1H3,(H2,23,24,25). The highest BCUT2D eigenvalue weighted by molar-refractivity contribution is 7.85. The summed E-state index contributed by atoms with van der Waals surface area (Å²) < 4.78 is 18.0. The van der Waals surface area contributed by atoms with E-state index in [0.717, 1.165) is 50.2 Å². The van der Waals surface area contributed by atoms with E-state index in [4.69, 9.17) is 9.73 Å². The molecule has 29 heavy (non-hydrogen) atoms. The van der Waals surface area contributed by atoms with E-state index in [1.54, 1.807) is 0 Å². The van der Waals surface area contributed by atoms with E-state index in [1.165, 1.54) is 32.1 Å². The van der Waals surface area contributed by atoms with Gasteiger partial charge in [0.1, 0.15) is 0 Å². The average molecular weight is 421 g/mol. The SMILES string of the molecule is CCNC(=NCC1(N2CCOCC2)CCCCC1)NCCS(=O)c1ccccc1. The molecule has 1 aliphatic heterocycles. The van der Waals surface area contributed by atoms with Gasteiger partial charge in [-0.2, -0.15) is 0 Å². The molecule has 2 N–H and O–H groups in total. The Morgan fingerprint density at radius 3 is 2.55 bits per heavy atom. The predicted molar refractivity (Wildman–Crippen MR) is 120 cm³/mol. The van der Waals surface area contributed by atoms with Gasteiger partial charge in [-0.05, 0) is 31.9 Å². The molecule has 2 aliphatic rings. The number of ether oxygens (including phenoxy) is 1. The second kappa shape index (κ2) is 11.7. The Morgan fingerprint density at radius 2 is 1.86 bits per heavy atom. The van der Waals surface area contributed by atoms with Crippen LogP contribution in [0.25, 0.3) is 0 Å². The average Bonchev–Trinajstić information content (AvgIpc) is 2.79. The van der Waals surface area contributed by atoms with E-state index in [1.807, 2.05) is 30.3 Å². The number of benzene rings is 1. The number of hydrogen-bond acceptors (Lipinski definition) is 4. The van der Waals surface area contributed by atoms with Crippen molar-refractivity contribution < 1.29 is 8.95 Å². The van der Waals surface area contributed by atoms with Crippen LogP contribution >= 0.6 is 0 Å². The number of aliphatic imine (C=N–C) groups is 1. The molecule has 1 heterocycles. The van der Waals surface area contributed by atoms with Crippen molar-refractivity contribution in [3.63, 3.8) is 0 Å². The first-order valence-corrected chi connectivity index (χ1v) is 12.3. The van der Waals surface area contributed by atoms with E-state index in [0.29, 0.717) is 12.3 Å². The molecule has 0 aromatic heterocycles. The lowest BCUT2D eigenvalue weighted by atomic mass is 9.80. The molecule has 1 saturated carbocycles. The van der Waals surface area contributed by atoms with Crippen molar-refractivity contribution in [1.82, 2.24) is 15.5 Å². The van der Waals surface area contributed by atoms with Crippen LogP contribution in [0.1, 0.15) is 39.0 Å². The van der Waals surface area contributed by atoms with Crippen LogP contribution in [0.4, 0.5) is 0 Å². The number of nitrogens with zero attached hydrogens (tertiary/aromatic N) is 2. The molecule has 0 radical (unpaired) electrons. The van der Waals surface area contributed by atoms with Gasteiger partial charge in [-0.3, -0.25) is 14.1 Å². The van der Waals surface area contributed by atoms with Crippen LogP contribution in [-0.4, -0.2) is 72.3 Å². The first-order chi connectivity index (χ1) is 14.2. The number of nitrogens with one attached hydrogen (secondary N) is 2. The van der Waals surface area contributed by atoms with E-state index in [2.05, 4.69) is 22.5 Å². The summed E-state index contributed by atoms with van der Waals surface area (Å²) >= 11 is 0. The van der Waals surface area contributed by atoms with Crippen molar-refractivity contribution in [3.8, 4) is 0 Å². The van der Waals surface area contributed by atoms with Crippen molar-refractivity contribution in [3.05, 3.63) is 30.3 Å². The lowest BCUT2D eigenvalue weighted by Gasteiger charge is -2.47. The van der Waals surface area contributed by atoms with Crippen LogP contribution in [0.15, 0.2) is 40.2 Å². The molecule has 1 aliphatic carbocycles. The molecule has 1 atom stereocenters. The summed E-state index contributed by atoms with van der Waals surface area (Å²) in [6, 6.07) is 9.66. The zero-order valence-corrected chi connectivity index (χ0v) is 18.5. The molecule has 1 saturated heterocycles. The normalized spacial score (nSPS) is 21.5. The zero-order chi connectivity index (χ0) is 20.4. The zero-order valence-electron chi connectivity index (χ0n) is 17.7. The summed E-state index contributed by atoms with van der Waals surface area (Å²) in [6.07, 6.45) is 6.33. The van der Waals surface area contributed by atoms with Gasteiger partial charge in [0.05, 0.1) is 30.6 Å². The molecule has 1 aromatic carbocycles. The molecule has 7 heteroatoms. The maximum Gasteiger partial charge on any atom is 0.191 e. The monoisotopic (exact) mass is 420 g/mol. The van der Waals surface area contributed by atoms with Gasteiger partial charge in [-0.15, -0.1) is 0 Å². The quantitative estimate of drug-likeness (QED) is 0.499. The van der Waals surface area contributed by atoms with Crippen molar-refractivity contribution in [2.24, 2.45) is 4.99 Å². The molecule has 162 valence electrons. The number of rotatable bonds is 8. The Hall–Kier alpha value is -1.44. The Morgan fingerprint density at radius 1 is 1.14 bits per heavy atom. The van der Waals surface area contributed by atoms with E-state index in [9.17, 15) is 4.21 Å². The highest BCUT2D eigenvalue weighted by Gasteiger charge is 2.38. The Labute approximate surface area is 178 Å². The fraction of sp³-hybridized carbons (Fsp3) is 0.682. The molecule has 1 unspecified atom stereocenters. The Balaban J connectivity index is 1.58. The Bertz CT molecular complexity index is 656. The molecular formula is C22H36N4O2S. The summed E-state index contributed by atoms with van der Waals surface area (Å²) in [7, 11) is -0.992. The molecule has 0 spiro atoms. The lowest BCUT2D eigenvalue weighted by Crippen LogP contribution is -2.56. The second-order valence-corrected chi connectivity index (χ2v) is 9.44. The first-order valence-electron chi connectivity index (χ1n) is 11.0. The van der Waals surface area contributed by atoms with Gasteiger partial charge in [0.2, 0.25) is 0 Å². The van der Waals surface area contributed by atoms with Crippen LogP contribution in [-0.2, 0) is 15.5 Å². The van der Waals surface area contributed by atoms with Gasteiger partial charge >= 0.3 is 0 Å². The number of hydrogen-bond donors (Lipinski definition) is 2. The summed E-state index contributed by atoms with van der Waals surface area (Å²) in [6.45, 7) is 8.02. The maximum absolute atomic E-state index is 12.4. The summed E-state index contributed by atoms with van der Waals surface area (Å²) in [5.74, 6) is 1.40. The molecule has 2 fully saturated rings. The summed E-state index contributed by atoms with van der Waals surface area (Å²) in [4.78, 5) is 8.46. The van der Waals surface area contributed by atoms with Gasteiger partial charge in [-0.1, -0.05) is 37.5 Å². The third kappa shape index (κ3) is 6.52. The molecule has 0 bridgehead atoms. The smallest absolute Gasteiger partial charge is 0.191 e. The molecule has 3 rings (SSSR count). The topological polar surface area (TPSA) is 66.0 Å². The highest BCUT2D eigenvalue weighted by atomic mass is 32.2. The minimum Gasteiger partial charge on any atom is -0.379 e. The van der Waals surface area contributed by atoms with Crippen LogP contribution < -0.4 is 10.6 Å². The lowest BCUT2D eigenvalue weighted by molar-refractivity contribution is -0.0333. The van der Waals surface area contributed by atoms with Crippen LogP contribution in [0.2, 0.25) is 0 Å². The molecule has 6 nitrogen and oxygen atoms in total. The van der Waals surface area contributed by atoms with Crippen LogP contribution in [0.3, 0.4) is 0 Å². The van der Waals surface area contributed by atoms with Crippen molar-refractivity contribution in [1.29, 1.82) is 0 Å². The Kier molecular flexibility index (Phi) is 8.95. The fourth-order valence-electron chi connectivity index (χ4n) is 4.34. The second-order valence-electron chi connectivity index (χ2n) is 7.87. The largest absolute Gasteiger partial charge is 0.379 e. The number of morpholine rings is 1. The summed E-state index contributed by atoms with van der Waals surface area (Å²) in [5.41, 5.74) is 0.164. The predicted octanol–water partition coefficient (Wildman–Crippen LogP) is 2.38. The van der Waals surface area contributed by atoms with Crippen molar-refractivity contribution >= 4 is 16.8 Å². The summed E-state index contributed by atoms with van der Waals surface area (Å²) in [5, 5.41) is 6.74. The van der Waals surface area contributed by atoms with E-state index >= 15 is 0 Å². The number of guanidine groups is 1. The van der Waals surface area contributed by atoms with E-state index < -0.39 is 10.8 Å². The molecule has 0 amide bonds. The van der Waals surface area contributed by atoms with E-state index in [-0.39, 0.29) is 5.54 Å². The minimum atomic E-state index is -0.992. The maximum atomic E-state index is 12.4. The highest BCUT2D eigenvalue weighted by Crippen LogP contribution is 2.34. The van der Waals surface area contributed by atoms with Crippen molar-refractivity contribution in [2.75, 3.05) is 51.7 Å². The van der Waals surface area contributed by atoms with Gasteiger partial charge < -0.3 is 15.4 Å². The van der Waals surface area contributed by atoms with Gasteiger partial charge in [0.15, 0.2) is 5.96 Å². The third-order valence-corrected chi connectivity index (χ3v) is 7.30. The van der Waals surface area contributed by atoms with Gasteiger partial charge in [0, 0.05) is 42.4 Å². The van der Waals surface area contributed by atoms with Crippen LogP contribution in [0.5, 0.6) is 0 Å². The fourth-order valence-corrected chi connectivity index (χ4v) is 5.33.